The Morgan fingerprint density at radius 3 is 2.96 bits per heavy atom. The lowest BCUT2D eigenvalue weighted by Crippen LogP contribution is -2.13. The molecular formula is C17H17ClN4O3S. The molecule has 0 fully saturated rings. The van der Waals surface area contributed by atoms with Crippen LogP contribution in [0.2, 0.25) is 5.02 Å². The predicted molar refractivity (Wildman–Crippen MR) is 98.8 cm³/mol. The number of thiazole rings is 1. The summed E-state index contributed by atoms with van der Waals surface area (Å²) in [4.78, 5) is 18.8. The summed E-state index contributed by atoms with van der Waals surface area (Å²) in [5.41, 5.74) is 1.08. The summed E-state index contributed by atoms with van der Waals surface area (Å²) >= 11 is 7.60. The predicted octanol–water partition coefficient (Wildman–Crippen LogP) is 3.06. The summed E-state index contributed by atoms with van der Waals surface area (Å²) in [5.74, 6) is -0.371. The molecule has 0 aliphatic carbocycles. The zero-order valence-corrected chi connectivity index (χ0v) is 15.3. The van der Waals surface area contributed by atoms with Crippen molar-refractivity contribution in [3.63, 3.8) is 0 Å². The van der Waals surface area contributed by atoms with Gasteiger partial charge < -0.3 is 19.7 Å². The average molecular weight is 393 g/mol. The zero-order valence-electron chi connectivity index (χ0n) is 13.8. The van der Waals surface area contributed by atoms with Gasteiger partial charge in [0.15, 0.2) is 5.69 Å². The largest absolute Gasteiger partial charge is 0.490 e. The van der Waals surface area contributed by atoms with Crippen molar-refractivity contribution in [2.24, 2.45) is 0 Å². The van der Waals surface area contributed by atoms with E-state index in [2.05, 4.69) is 15.3 Å². The molecule has 0 saturated heterocycles. The van der Waals surface area contributed by atoms with Gasteiger partial charge in [-0.3, -0.25) is 0 Å². The first-order valence-corrected chi connectivity index (χ1v) is 9.13. The molecule has 1 aromatic carbocycles. The number of carboxylic acid groups (broad SMARTS) is 1. The first kappa shape index (κ1) is 18.4. The third-order valence-electron chi connectivity index (χ3n) is 3.54. The van der Waals surface area contributed by atoms with Crippen LogP contribution in [-0.4, -0.2) is 32.2 Å². The van der Waals surface area contributed by atoms with E-state index in [9.17, 15) is 4.79 Å². The van der Waals surface area contributed by atoms with Crippen molar-refractivity contribution in [1.82, 2.24) is 19.9 Å². The van der Waals surface area contributed by atoms with E-state index in [0.29, 0.717) is 37.0 Å². The molecule has 136 valence electrons. The van der Waals surface area contributed by atoms with Crippen LogP contribution in [0.15, 0.2) is 42.3 Å². The molecule has 7 nitrogen and oxygen atoms in total. The van der Waals surface area contributed by atoms with Gasteiger partial charge in [0.25, 0.3) is 0 Å². The molecule has 0 aliphatic heterocycles. The van der Waals surface area contributed by atoms with Gasteiger partial charge in [0.1, 0.15) is 17.4 Å². The van der Waals surface area contributed by atoms with E-state index in [-0.39, 0.29) is 5.69 Å². The number of aromatic nitrogens is 3. The van der Waals surface area contributed by atoms with Gasteiger partial charge >= 0.3 is 5.97 Å². The second kappa shape index (κ2) is 8.79. The number of carbonyl (C=O) groups is 1. The SMILES string of the molecule is O=C(O)c1csc(CNCc2ccc(OCCn3ccnc3)c(Cl)c2)n1. The zero-order chi connectivity index (χ0) is 18.4. The summed E-state index contributed by atoms with van der Waals surface area (Å²) in [7, 11) is 0. The molecule has 3 aromatic rings. The molecule has 2 aromatic heterocycles. The van der Waals surface area contributed by atoms with E-state index in [1.54, 1.807) is 12.5 Å². The highest BCUT2D eigenvalue weighted by atomic mass is 35.5. The summed E-state index contributed by atoms with van der Waals surface area (Å²) in [6.07, 6.45) is 5.34. The smallest absolute Gasteiger partial charge is 0.355 e. The van der Waals surface area contributed by atoms with Gasteiger partial charge in [0, 0.05) is 30.9 Å². The van der Waals surface area contributed by atoms with Crippen LogP contribution in [0.4, 0.5) is 0 Å². The van der Waals surface area contributed by atoms with Crippen LogP contribution >= 0.6 is 22.9 Å². The lowest BCUT2D eigenvalue weighted by atomic mass is 10.2. The molecule has 0 saturated carbocycles. The number of nitrogens with zero attached hydrogens (tertiary/aromatic N) is 3. The Balaban J connectivity index is 1.46. The lowest BCUT2D eigenvalue weighted by Gasteiger charge is -2.10. The minimum absolute atomic E-state index is 0.0760. The quantitative estimate of drug-likeness (QED) is 0.581. The molecule has 0 radical (unpaired) electrons. The third kappa shape index (κ3) is 5.04. The molecule has 0 spiro atoms. The van der Waals surface area contributed by atoms with Gasteiger partial charge in [-0.1, -0.05) is 17.7 Å². The number of rotatable bonds is 9. The van der Waals surface area contributed by atoms with E-state index in [0.717, 1.165) is 10.6 Å². The standard InChI is InChI=1S/C17H17ClN4O3S/c18-13-7-12(8-20-9-16-21-14(10-26-16)17(23)24)1-2-15(13)25-6-5-22-4-3-19-11-22/h1-4,7,10-11,20H,5-6,8-9H2,(H,23,24). The van der Waals surface area contributed by atoms with E-state index in [1.165, 1.54) is 16.7 Å². The molecule has 2 N–H and O–H groups in total. The van der Waals surface area contributed by atoms with Gasteiger partial charge in [0.2, 0.25) is 0 Å². The number of imidazole rings is 1. The van der Waals surface area contributed by atoms with Crippen molar-refractivity contribution >= 4 is 28.9 Å². The highest BCUT2D eigenvalue weighted by Gasteiger charge is 2.08. The highest BCUT2D eigenvalue weighted by Crippen LogP contribution is 2.25. The van der Waals surface area contributed by atoms with Crippen molar-refractivity contribution in [2.75, 3.05) is 6.61 Å². The fraction of sp³-hybridized carbons (Fsp3) is 0.235. The Morgan fingerprint density at radius 1 is 1.38 bits per heavy atom. The van der Waals surface area contributed by atoms with Crippen molar-refractivity contribution < 1.29 is 14.6 Å². The first-order chi connectivity index (χ1) is 12.6. The second-order valence-electron chi connectivity index (χ2n) is 5.45. The molecule has 2 heterocycles. The van der Waals surface area contributed by atoms with Crippen LogP contribution in [0.25, 0.3) is 0 Å². The molecule has 26 heavy (non-hydrogen) atoms. The average Bonchev–Trinajstić information content (AvgIpc) is 3.28. The Morgan fingerprint density at radius 2 is 2.27 bits per heavy atom. The maximum atomic E-state index is 10.8. The van der Waals surface area contributed by atoms with Gasteiger partial charge in [-0.25, -0.2) is 14.8 Å². The first-order valence-electron chi connectivity index (χ1n) is 7.87. The Labute approximate surface area is 159 Å². The van der Waals surface area contributed by atoms with Crippen LogP contribution < -0.4 is 10.1 Å². The minimum atomic E-state index is -1.01. The van der Waals surface area contributed by atoms with Crippen LogP contribution in [0, 0.1) is 0 Å². The summed E-state index contributed by atoms with van der Waals surface area (Å²) in [5, 5.41) is 14.9. The summed E-state index contributed by atoms with van der Waals surface area (Å²) in [6, 6.07) is 5.64. The van der Waals surface area contributed by atoms with Crippen LogP contribution in [-0.2, 0) is 19.6 Å². The Kier molecular flexibility index (Phi) is 6.21. The van der Waals surface area contributed by atoms with Crippen molar-refractivity contribution in [3.05, 3.63) is 63.6 Å². The number of ether oxygens (including phenoxy) is 1. The highest BCUT2D eigenvalue weighted by molar-refractivity contribution is 7.09. The van der Waals surface area contributed by atoms with E-state index < -0.39 is 5.97 Å². The molecule has 3 rings (SSSR count). The number of hydrogen-bond acceptors (Lipinski definition) is 6. The number of hydrogen-bond donors (Lipinski definition) is 2. The van der Waals surface area contributed by atoms with Gasteiger partial charge in [0.05, 0.1) is 17.9 Å². The van der Waals surface area contributed by atoms with Gasteiger partial charge in [-0.2, -0.15) is 0 Å². The fourth-order valence-electron chi connectivity index (χ4n) is 2.26. The minimum Gasteiger partial charge on any atom is -0.490 e. The topological polar surface area (TPSA) is 89.3 Å². The van der Waals surface area contributed by atoms with Crippen LogP contribution in [0.5, 0.6) is 5.75 Å². The Bertz CT molecular complexity index is 867. The fourth-order valence-corrected chi connectivity index (χ4v) is 3.25. The van der Waals surface area contributed by atoms with E-state index in [1.807, 2.05) is 29.0 Å². The summed E-state index contributed by atoms with van der Waals surface area (Å²) in [6.45, 7) is 2.30. The van der Waals surface area contributed by atoms with Gasteiger partial charge in [-0.15, -0.1) is 11.3 Å². The number of benzene rings is 1. The van der Waals surface area contributed by atoms with Crippen molar-refractivity contribution in [1.29, 1.82) is 0 Å². The maximum Gasteiger partial charge on any atom is 0.355 e. The normalized spacial score (nSPS) is 10.8. The van der Waals surface area contributed by atoms with Gasteiger partial charge in [-0.05, 0) is 17.7 Å². The molecule has 0 bridgehead atoms. The number of aromatic carboxylic acids is 1. The maximum absolute atomic E-state index is 10.8. The monoisotopic (exact) mass is 392 g/mol. The van der Waals surface area contributed by atoms with E-state index in [4.69, 9.17) is 21.4 Å². The van der Waals surface area contributed by atoms with E-state index >= 15 is 0 Å². The van der Waals surface area contributed by atoms with Crippen LogP contribution in [0.3, 0.4) is 0 Å². The molecule has 0 aliphatic rings. The molecule has 0 amide bonds. The number of carboxylic acids is 1. The number of halogens is 1. The second-order valence-corrected chi connectivity index (χ2v) is 6.80. The molecule has 0 unspecified atom stereocenters. The third-order valence-corrected chi connectivity index (χ3v) is 4.68. The van der Waals surface area contributed by atoms with Crippen molar-refractivity contribution in [3.8, 4) is 5.75 Å². The molecule has 9 heteroatoms. The Hall–Kier alpha value is -2.42. The lowest BCUT2D eigenvalue weighted by molar-refractivity contribution is 0.0691. The summed E-state index contributed by atoms with van der Waals surface area (Å²) < 4.78 is 7.63. The number of nitrogens with one attached hydrogen (secondary N) is 1. The molecular weight excluding hydrogens is 376 g/mol. The van der Waals surface area contributed by atoms with Crippen LogP contribution in [0.1, 0.15) is 21.1 Å². The van der Waals surface area contributed by atoms with Crippen molar-refractivity contribution in [2.45, 2.75) is 19.6 Å². The molecule has 0 atom stereocenters.